The van der Waals surface area contributed by atoms with Crippen molar-refractivity contribution >= 4 is 34.0 Å². The fraction of sp³-hybridized carbons (Fsp3) is 0.143. The third kappa shape index (κ3) is 2.77. The van der Waals surface area contributed by atoms with E-state index in [1.807, 2.05) is 6.20 Å². The van der Waals surface area contributed by atoms with Crippen LogP contribution in [0.5, 0.6) is 0 Å². The van der Waals surface area contributed by atoms with Gasteiger partial charge in [-0.25, -0.2) is 4.98 Å². The number of hydrogen-bond donors (Lipinski definition) is 2. The molecule has 0 bridgehead atoms. The van der Waals surface area contributed by atoms with Crippen LogP contribution in [0.25, 0.3) is 10.9 Å². The lowest BCUT2D eigenvalue weighted by Crippen LogP contribution is -2.16. The lowest BCUT2D eigenvalue weighted by atomic mass is 10.0. The average Bonchev–Trinajstić information content (AvgIpc) is 3.05. The molecule has 0 saturated heterocycles. The number of aromatic amines is 1. The molecule has 130 valence electrons. The van der Waals surface area contributed by atoms with Crippen molar-refractivity contribution in [2.24, 2.45) is 0 Å². The molecule has 2 aromatic heterocycles. The molecule has 2 heterocycles. The van der Waals surface area contributed by atoms with Crippen molar-refractivity contribution in [3.63, 3.8) is 0 Å². The van der Waals surface area contributed by atoms with Gasteiger partial charge in [0.05, 0.1) is 5.69 Å². The van der Waals surface area contributed by atoms with Crippen LogP contribution in [0, 0.1) is 20.8 Å². The summed E-state index contributed by atoms with van der Waals surface area (Å²) in [5, 5.41) is 1.14. The molecule has 4 rings (SSSR count). The molecule has 4 aromatic rings. The first-order chi connectivity index (χ1) is 12.5. The molecule has 0 radical (unpaired) electrons. The van der Waals surface area contributed by atoms with Crippen molar-refractivity contribution in [1.82, 2.24) is 15.0 Å². The first-order valence-corrected chi connectivity index (χ1v) is 8.56. The summed E-state index contributed by atoms with van der Waals surface area (Å²) >= 11 is 0. The van der Waals surface area contributed by atoms with Crippen LogP contribution in [-0.4, -0.2) is 15.0 Å². The molecule has 0 amide bonds. The van der Waals surface area contributed by atoms with Gasteiger partial charge < -0.3 is 10.7 Å². The van der Waals surface area contributed by atoms with E-state index in [-0.39, 0.29) is 0 Å². The monoisotopic (exact) mass is 343 g/mol. The zero-order chi connectivity index (χ0) is 18.3. The maximum absolute atomic E-state index is 5.94. The van der Waals surface area contributed by atoms with Gasteiger partial charge in [-0.2, -0.15) is 4.98 Å². The predicted octanol–water partition coefficient (Wildman–Crippen LogP) is 4.94. The molecule has 3 N–H and O–H groups in total. The topological polar surface area (TPSA) is 70.8 Å². The van der Waals surface area contributed by atoms with E-state index in [4.69, 9.17) is 5.73 Å². The minimum absolute atomic E-state index is 0.449. The highest BCUT2D eigenvalue weighted by Crippen LogP contribution is 2.38. The third-order valence-electron chi connectivity index (χ3n) is 4.52. The van der Waals surface area contributed by atoms with E-state index in [0.717, 1.165) is 22.3 Å². The number of rotatable bonds is 3. The van der Waals surface area contributed by atoms with E-state index in [1.165, 1.54) is 16.7 Å². The Morgan fingerprint density at radius 1 is 0.962 bits per heavy atom. The van der Waals surface area contributed by atoms with Gasteiger partial charge >= 0.3 is 0 Å². The van der Waals surface area contributed by atoms with Crippen molar-refractivity contribution in [3.8, 4) is 0 Å². The number of benzene rings is 2. The lowest BCUT2D eigenvalue weighted by Gasteiger charge is -2.27. The Morgan fingerprint density at radius 3 is 2.46 bits per heavy atom. The van der Waals surface area contributed by atoms with Gasteiger partial charge in [-0.15, -0.1) is 0 Å². The summed E-state index contributed by atoms with van der Waals surface area (Å²) in [6, 6.07) is 14.4. The minimum Gasteiger partial charge on any atom is -0.384 e. The molecule has 0 saturated carbocycles. The fourth-order valence-electron chi connectivity index (χ4n) is 3.52. The number of fused-ring (bicyclic) bond motifs is 1. The zero-order valence-corrected chi connectivity index (χ0v) is 15.1. The van der Waals surface area contributed by atoms with Gasteiger partial charge in [0.25, 0.3) is 0 Å². The molecule has 2 aromatic carbocycles. The molecule has 0 aliphatic rings. The highest BCUT2D eigenvalue weighted by atomic mass is 15.3. The molecule has 0 unspecified atom stereocenters. The Bertz CT molecular complexity index is 1070. The fourth-order valence-corrected chi connectivity index (χ4v) is 3.52. The van der Waals surface area contributed by atoms with Crippen molar-refractivity contribution in [2.75, 3.05) is 10.6 Å². The summed E-state index contributed by atoms with van der Waals surface area (Å²) in [6.45, 7) is 6.34. The SMILES string of the molecule is Cc1cc(C)c(N(c2ccc3[nH]ccc3c2)c2nccc(N)n2)c(C)c1. The Labute approximate surface area is 152 Å². The van der Waals surface area contributed by atoms with Crippen molar-refractivity contribution in [3.05, 3.63) is 71.5 Å². The summed E-state index contributed by atoms with van der Waals surface area (Å²) < 4.78 is 0. The number of aryl methyl sites for hydroxylation is 3. The number of H-pyrrole nitrogens is 1. The molecule has 0 spiro atoms. The van der Waals surface area contributed by atoms with Crippen LogP contribution in [-0.2, 0) is 0 Å². The van der Waals surface area contributed by atoms with E-state index in [9.17, 15) is 0 Å². The van der Waals surface area contributed by atoms with Gasteiger partial charge in [0.15, 0.2) is 0 Å². The maximum atomic E-state index is 5.94. The van der Waals surface area contributed by atoms with E-state index in [1.54, 1.807) is 12.3 Å². The van der Waals surface area contributed by atoms with E-state index in [0.29, 0.717) is 11.8 Å². The molecule has 0 aliphatic carbocycles. The van der Waals surface area contributed by atoms with Crippen molar-refractivity contribution < 1.29 is 0 Å². The number of nitrogens with two attached hydrogens (primary N) is 1. The number of aromatic nitrogens is 3. The molecule has 0 atom stereocenters. The predicted molar refractivity (Wildman–Crippen MR) is 107 cm³/mol. The van der Waals surface area contributed by atoms with Gasteiger partial charge in [-0.05, 0) is 62.2 Å². The lowest BCUT2D eigenvalue weighted by molar-refractivity contribution is 1.07. The first-order valence-electron chi connectivity index (χ1n) is 8.56. The normalized spacial score (nSPS) is 11.0. The van der Waals surface area contributed by atoms with Crippen LogP contribution in [0.1, 0.15) is 16.7 Å². The number of nitrogens with zero attached hydrogens (tertiary/aromatic N) is 3. The first kappa shape index (κ1) is 16.1. The quantitative estimate of drug-likeness (QED) is 0.553. The molecular weight excluding hydrogens is 322 g/mol. The van der Waals surface area contributed by atoms with E-state index in [2.05, 4.69) is 77.0 Å². The van der Waals surface area contributed by atoms with Crippen molar-refractivity contribution in [1.29, 1.82) is 0 Å². The highest BCUT2D eigenvalue weighted by Gasteiger charge is 2.20. The standard InChI is InChI=1S/C21H21N5/c1-13-10-14(2)20(15(3)11-13)26(21-24-9-7-19(22)25-21)17-4-5-18-16(12-17)6-8-23-18/h4-12,23H,1-3H3,(H2,22,24,25). The maximum Gasteiger partial charge on any atom is 0.236 e. The van der Waals surface area contributed by atoms with Crippen LogP contribution in [0.2, 0.25) is 0 Å². The Morgan fingerprint density at radius 2 is 1.73 bits per heavy atom. The molecule has 5 heteroatoms. The van der Waals surface area contributed by atoms with E-state index >= 15 is 0 Å². The van der Waals surface area contributed by atoms with Crippen LogP contribution < -0.4 is 10.6 Å². The Hall–Kier alpha value is -3.34. The van der Waals surface area contributed by atoms with Crippen molar-refractivity contribution in [2.45, 2.75) is 20.8 Å². The second kappa shape index (κ2) is 6.19. The molecule has 26 heavy (non-hydrogen) atoms. The number of anilines is 4. The van der Waals surface area contributed by atoms with Crippen LogP contribution in [0.4, 0.5) is 23.1 Å². The molecule has 5 nitrogen and oxygen atoms in total. The second-order valence-corrected chi connectivity index (χ2v) is 6.61. The zero-order valence-electron chi connectivity index (χ0n) is 15.1. The molecular formula is C21H21N5. The largest absolute Gasteiger partial charge is 0.384 e. The number of hydrogen-bond acceptors (Lipinski definition) is 4. The summed E-state index contributed by atoms with van der Waals surface area (Å²) in [7, 11) is 0. The smallest absolute Gasteiger partial charge is 0.236 e. The van der Waals surface area contributed by atoms with Gasteiger partial charge in [0.1, 0.15) is 5.82 Å². The average molecular weight is 343 g/mol. The number of nitrogens with one attached hydrogen (secondary N) is 1. The second-order valence-electron chi connectivity index (χ2n) is 6.61. The summed E-state index contributed by atoms with van der Waals surface area (Å²) in [4.78, 5) is 14.3. The summed E-state index contributed by atoms with van der Waals surface area (Å²) in [6.07, 6.45) is 3.64. The third-order valence-corrected chi connectivity index (χ3v) is 4.52. The van der Waals surface area contributed by atoms with Crippen LogP contribution >= 0.6 is 0 Å². The Balaban J connectivity index is 1.98. The molecule has 0 fully saturated rings. The minimum atomic E-state index is 0.449. The molecule has 0 aliphatic heterocycles. The van der Waals surface area contributed by atoms with E-state index < -0.39 is 0 Å². The van der Waals surface area contributed by atoms with Gasteiger partial charge in [-0.3, -0.25) is 4.90 Å². The van der Waals surface area contributed by atoms with Gasteiger partial charge in [0.2, 0.25) is 5.95 Å². The van der Waals surface area contributed by atoms with Crippen LogP contribution in [0.3, 0.4) is 0 Å². The Kier molecular flexibility index (Phi) is 3.84. The van der Waals surface area contributed by atoms with Crippen LogP contribution in [0.15, 0.2) is 54.9 Å². The highest BCUT2D eigenvalue weighted by molar-refractivity contribution is 5.87. The summed E-state index contributed by atoms with van der Waals surface area (Å²) in [5.74, 6) is 1.01. The number of nitrogen functional groups attached to an aromatic ring is 1. The van der Waals surface area contributed by atoms with Gasteiger partial charge in [0, 0.05) is 29.0 Å². The van der Waals surface area contributed by atoms with Gasteiger partial charge in [-0.1, -0.05) is 17.7 Å². The summed E-state index contributed by atoms with van der Waals surface area (Å²) in [5.41, 5.74) is 12.7.